The maximum absolute atomic E-state index is 13.5. The van der Waals surface area contributed by atoms with Crippen molar-refractivity contribution in [1.29, 1.82) is 0 Å². The van der Waals surface area contributed by atoms with Crippen LogP contribution in [0.15, 0.2) is 53.4 Å². The first kappa shape index (κ1) is 24.4. The zero-order valence-electron chi connectivity index (χ0n) is 20.3. The molecule has 0 bridgehead atoms. The number of nitrogens with zero attached hydrogens (tertiary/aromatic N) is 6. The summed E-state index contributed by atoms with van der Waals surface area (Å²) in [5.74, 6) is 1.41. The van der Waals surface area contributed by atoms with Crippen LogP contribution in [0.25, 0.3) is 0 Å². The van der Waals surface area contributed by atoms with Gasteiger partial charge >= 0.3 is 5.97 Å². The summed E-state index contributed by atoms with van der Waals surface area (Å²) in [6.07, 6.45) is 5.89. The Morgan fingerprint density at radius 2 is 1.86 bits per heavy atom. The Balaban J connectivity index is 1.31. The summed E-state index contributed by atoms with van der Waals surface area (Å²) in [7, 11) is 0. The van der Waals surface area contributed by atoms with Gasteiger partial charge in [0.1, 0.15) is 17.5 Å². The van der Waals surface area contributed by atoms with Gasteiger partial charge in [0.15, 0.2) is 0 Å². The Bertz CT molecular complexity index is 1180. The highest BCUT2D eigenvalue weighted by Crippen LogP contribution is 2.29. The largest absolute Gasteiger partial charge is 0.481 e. The van der Waals surface area contributed by atoms with Crippen molar-refractivity contribution in [2.24, 2.45) is 4.99 Å². The molecule has 36 heavy (non-hydrogen) atoms. The van der Waals surface area contributed by atoms with Gasteiger partial charge in [-0.05, 0) is 61.7 Å². The number of benzene rings is 1. The molecule has 0 radical (unpaired) electrons. The standard InChI is InChI=1S/C26H30ClFN6O2/c1-18-3-2-9-33(18)26-30-23(8-10-34(26)21-6-4-20(28)5-7-21)31-11-13-32(14-12-31)25-22(27)15-19(17-29-25)16-24(35)36/h4-8,15,17-18H,2-3,9-14,16H2,1H3,(H,35,36). The van der Waals surface area contributed by atoms with Gasteiger partial charge in [-0.2, -0.15) is 4.99 Å². The van der Waals surface area contributed by atoms with E-state index in [-0.39, 0.29) is 12.2 Å². The van der Waals surface area contributed by atoms with Crippen molar-refractivity contribution in [3.63, 3.8) is 0 Å². The van der Waals surface area contributed by atoms with Gasteiger partial charge in [0, 0.05) is 57.2 Å². The molecule has 8 nitrogen and oxygen atoms in total. The van der Waals surface area contributed by atoms with Crippen LogP contribution in [0.3, 0.4) is 0 Å². The molecule has 3 aliphatic heterocycles. The molecule has 0 amide bonds. The minimum Gasteiger partial charge on any atom is -0.481 e. The molecule has 2 saturated heterocycles. The number of pyridine rings is 1. The molecule has 1 aromatic heterocycles. The van der Waals surface area contributed by atoms with Crippen LogP contribution in [-0.4, -0.2) is 77.1 Å². The van der Waals surface area contributed by atoms with E-state index >= 15 is 0 Å². The van der Waals surface area contributed by atoms with Crippen LogP contribution in [0.2, 0.25) is 5.02 Å². The Morgan fingerprint density at radius 1 is 1.14 bits per heavy atom. The molecule has 1 N–H and O–H groups in total. The summed E-state index contributed by atoms with van der Waals surface area (Å²) in [6.45, 7) is 6.85. The number of hydrogen-bond donors (Lipinski definition) is 1. The van der Waals surface area contributed by atoms with E-state index in [0.29, 0.717) is 29.0 Å². The quantitative estimate of drug-likeness (QED) is 0.652. The molecule has 2 fully saturated rings. The van der Waals surface area contributed by atoms with Crippen molar-refractivity contribution in [2.45, 2.75) is 32.2 Å². The second-order valence-electron chi connectivity index (χ2n) is 9.44. The van der Waals surface area contributed by atoms with Gasteiger partial charge in [0.05, 0.1) is 11.4 Å². The molecule has 0 aliphatic carbocycles. The Kier molecular flexibility index (Phi) is 7.00. The summed E-state index contributed by atoms with van der Waals surface area (Å²) < 4.78 is 13.5. The second-order valence-corrected chi connectivity index (χ2v) is 9.85. The van der Waals surface area contributed by atoms with Crippen molar-refractivity contribution in [2.75, 3.05) is 49.1 Å². The van der Waals surface area contributed by atoms with E-state index in [1.54, 1.807) is 12.3 Å². The van der Waals surface area contributed by atoms with Crippen LogP contribution < -0.4 is 9.80 Å². The molecule has 3 aliphatic rings. The van der Waals surface area contributed by atoms with Crippen LogP contribution in [-0.2, 0) is 11.2 Å². The predicted octanol–water partition coefficient (Wildman–Crippen LogP) is 3.83. The van der Waals surface area contributed by atoms with E-state index in [4.69, 9.17) is 21.7 Å². The average Bonchev–Trinajstić information content (AvgIpc) is 3.30. The van der Waals surface area contributed by atoms with E-state index in [9.17, 15) is 9.18 Å². The third-order valence-electron chi connectivity index (χ3n) is 7.00. The summed E-state index contributed by atoms with van der Waals surface area (Å²) >= 11 is 6.44. The van der Waals surface area contributed by atoms with Crippen LogP contribution in [0.1, 0.15) is 25.3 Å². The number of carboxylic acid groups (broad SMARTS) is 1. The molecule has 1 unspecified atom stereocenters. The number of anilines is 2. The summed E-state index contributed by atoms with van der Waals surface area (Å²) in [6, 6.07) is 8.69. The van der Waals surface area contributed by atoms with E-state index in [1.165, 1.54) is 12.1 Å². The summed E-state index contributed by atoms with van der Waals surface area (Å²) in [4.78, 5) is 29.5. The van der Waals surface area contributed by atoms with Gasteiger partial charge in [0.2, 0.25) is 5.96 Å². The fraction of sp³-hybridized carbons (Fsp3) is 0.423. The molecule has 0 spiro atoms. The maximum atomic E-state index is 13.5. The van der Waals surface area contributed by atoms with Crippen molar-refractivity contribution >= 4 is 35.0 Å². The molecule has 10 heteroatoms. The van der Waals surface area contributed by atoms with E-state index in [1.807, 2.05) is 12.1 Å². The lowest BCUT2D eigenvalue weighted by atomic mass is 10.2. The van der Waals surface area contributed by atoms with Gasteiger partial charge in [-0.3, -0.25) is 4.79 Å². The number of aliphatic carboxylic acids is 1. The van der Waals surface area contributed by atoms with Gasteiger partial charge < -0.3 is 24.7 Å². The lowest BCUT2D eigenvalue weighted by Gasteiger charge is -2.40. The molecule has 1 atom stereocenters. The number of carboxylic acids is 1. The van der Waals surface area contributed by atoms with Crippen molar-refractivity contribution in [1.82, 2.24) is 14.8 Å². The minimum absolute atomic E-state index is 0.0974. The number of halogens is 2. The van der Waals surface area contributed by atoms with Crippen LogP contribution in [0.5, 0.6) is 0 Å². The SMILES string of the molecule is CC1CCCN1C1=NC(N2CCN(c3ncc(CC(=O)O)cc3Cl)CC2)=CCN1c1ccc(F)cc1. The van der Waals surface area contributed by atoms with Crippen molar-refractivity contribution in [3.8, 4) is 0 Å². The molecule has 2 aromatic rings. The number of hydrogen-bond acceptors (Lipinski definition) is 7. The van der Waals surface area contributed by atoms with Crippen molar-refractivity contribution < 1.29 is 14.3 Å². The van der Waals surface area contributed by atoms with Crippen molar-refractivity contribution in [3.05, 3.63) is 64.8 Å². The highest BCUT2D eigenvalue weighted by molar-refractivity contribution is 6.33. The highest BCUT2D eigenvalue weighted by atomic mass is 35.5. The Labute approximate surface area is 215 Å². The van der Waals surface area contributed by atoms with E-state index in [2.05, 4.69) is 37.6 Å². The molecule has 4 heterocycles. The van der Waals surface area contributed by atoms with Crippen LogP contribution in [0, 0.1) is 5.82 Å². The fourth-order valence-corrected chi connectivity index (χ4v) is 5.38. The van der Waals surface area contributed by atoms with Gasteiger partial charge in [-0.25, -0.2) is 9.37 Å². The molecule has 5 rings (SSSR count). The second kappa shape index (κ2) is 10.3. The number of likely N-dealkylation sites (tertiary alicyclic amines) is 1. The first-order chi connectivity index (χ1) is 17.4. The van der Waals surface area contributed by atoms with E-state index < -0.39 is 5.97 Å². The first-order valence-electron chi connectivity index (χ1n) is 12.3. The number of aromatic nitrogens is 1. The maximum Gasteiger partial charge on any atom is 0.307 e. The third kappa shape index (κ3) is 5.11. The zero-order chi connectivity index (χ0) is 25.2. The molecule has 190 valence electrons. The lowest BCUT2D eigenvalue weighted by Crippen LogP contribution is -2.50. The van der Waals surface area contributed by atoms with Crippen LogP contribution in [0.4, 0.5) is 15.9 Å². The van der Waals surface area contributed by atoms with Crippen LogP contribution >= 0.6 is 11.6 Å². The van der Waals surface area contributed by atoms with Gasteiger partial charge in [0.25, 0.3) is 0 Å². The molecule has 1 aromatic carbocycles. The number of guanidine groups is 1. The fourth-order valence-electron chi connectivity index (χ4n) is 5.08. The number of piperazine rings is 1. The normalized spacial score (nSPS) is 20.5. The van der Waals surface area contributed by atoms with E-state index in [0.717, 1.165) is 63.0 Å². The topological polar surface area (TPSA) is 75.5 Å². The number of aliphatic imine (C=N–C) groups is 1. The molecule has 0 saturated carbocycles. The monoisotopic (exact) mass is 512 g/mol. The predicted molar refractivity (Wildman–Crippen MR) is 139 cm³/mol. The lowest BCUT2D eigenvalue weighted by molar-refractivity contribution is -0.136. The number of carbonyl (C=O) groups is 1. The first-order valence-corrected chi connectivity index (χ1v) is 12.7. The molecular formula is C26H30ClFN6O2. The third-order valence-corrected chi connectivity index (χ3v) is 7.28. The smallest absolute Gasteiger partial charge is 0.307 e. The summed E-state index contributed by atoms with van der Waals surface area (Å²) in [5, 5.41) is 9.47. The minimum atomic E-state index is -0.906. The number of rotatable bonds is 5. The molecular weight excluding hydrogens is 483 g/mol. The highest BCUT2D eigenvalue weighted by Gasteiger charge is 2.31. The zero-order valence-corrected chi connectivity index (χ0v) is 21.0. The Hall–Kier alpha value is -3.33. The Morgan fingerprint density at radius 3 is 2.50 bits per heavy atom. The van der Waals surface area contributed by atoms with Gasteiger partial charge in [-0.15, -0.1) is 0 Å². The van der Waals surface area contributed by atoms with Gasteiger partial charge in [-0.1, -0.05) is 11.6 Å². The average molecular weight is 513 g/mol. The summed E-state index contributed by atoms with van der Waals surface area (Å²) in [5.41, 5.74) is 1.52.